The summed E-state index contributed by atoms with van der Waals surface area (Å²) < 4.78 is 21.8. The Morgan fingerprint density at radius 1 is 1.27 bits per heavy atom. The summed E-state index contributed by atoms with van der Waals surface area (Å²) in [6.45, 7) is 0.962. The molecule has 0 saturated heterocycles. The van der Waals surface area contributed by atoms with E-state index in [1.54, 1.807) is 36.8 Å². The van der Waals surface area contributed by atoms with Gasteiger partial charge in [0.05, 0.1) is 35.9 Å². The van der Waals surface area contributed by atoms with Crippen LogP contribution in [0.5, 0.6) is 5.75 Å². The molecule has 156 valence electrons. The van der Waals surface area contributed by atoms with Crippen molar-refractivity contribution in [3.8, 4) is 11.8 Å². The van der Waals surface area contributed by atoms with Crippen LogP contribution in [0.2, 0.25) is 0 Å². The van der Waals surface area contributed by atoms with Crippen LogP contribution in [0.25, 0.3) is 0 Å². The van der Waals surface area contributed by atoms with E-state index in [1.807, 2.05) is 23.8 Å². The second kappa shape index (κ2) is 9.53. The van der Waals surface area contributed by atoms with Crippen LogP contribution >= 0.6 is 0 Å². The number of aryl methyl sites for hydroxylation is 1. The number of aromatic nitrogens is 2. The zero-order chi connectivity index (χ0) is 21.6. The van der Waals surface area contributed by atoms with E-state index < -0.39 is 11.4 Å². The predicted octanol–water partition coefficient (Wildman–Crippen LogP) is 3.73. The Hall–Kier alpha value is -3.21. The molecule has 6 nitrogen and oxygen atoms in total. The van der Waals surface area contributed by atoms with Crippen molar-refractivity contribution in [2.24, 2.45) is 12.8 Å². The van der Waals surface area contributed by atoms with Gasteiger partial charge in [0.2, 0.25) is 0 Å². The standard InChI is InChI=1S/C23H25FN4O2/c1-28-16-27-14-22(28)23(26,19-8-7-18(13-25)21(24)12-19)9-2-3-10-30-15-17-5-4-6-20(29)11-17/h4-8,11-12,14,16,29H,2-3,9-10,15,26H2,1H3. The molecule has 1 heterocycles. The van der Waals surface area contributed by atoms with E-state index in [0.717, 1.165) is 24.1 Å². The molecule has 7 heteroatoms. The van der Waals surface area contributed by atoms with Crippen LogP contribution in [0.15, 0.2) is 55.0 Å². The molecule has 3 rings (SSSR count). The van der Waals surface area contributed by atoms with E-state index in [0.29, 0.717) is 25.2 Å². The van der Waals surface area contributed by atoms with E-state index in [2.05, 4.69) is 4.98 Å². The molecule has 3 aromatic rings. The fourth-order valence-corrected chi connectivity index (χ4v) is 3.53. The highest BCUT2D eigenvalue weighted by atomic mass is 19.1. The average Bonchev–Trinajstić information content (AvgIpc) is 3.17. The summed E-state index contributed by atoms with van der Waals surface area (Å²) in [4.78, 5) is 4.16. The van der Waals surface area contributed by atoms with Crippen molar-refractivity contribution < 1.29 is 14.2 Å². The summed E-state index contributed by atoms with van der Waals surface area (Å²) in [7, 11) is 1.85. The third-order valence-corrected chi connectivity index (χ3v) is 5.17. The van der Waals surface area contributed by atoms with Crippen molar-refractivity contribution in [3.05, 3.63) is 83.2 Å². The predicted molar refractivity (Wildman–Crippen MR) is 111 cm³/mol. The number of phenolic OH excluding ortho intramolecular Hbond substituents is 1. The van der Waals surface area contributed by atoms with Crippen molar-refractivity contribution in [1.82, 2.24) is 9.55 Å². The van der Waals surface area contributed by atoms with Gasteiger partial charge < -0.3 is 20.1 Å². The van der Waals surface area contributed by atoms with Gasteiger partial charge in [0.15, 0.2) is 0 Å². The maximum atomic E-state index is 14.3. The summed E-state index contributed by atoms with van der Waals surface area (Å²) in [5.74, 6) is -0.365. The van der Waals surface area contributed by atoms with Gasteiger partial charge in [0.1, 0.15) is 17.6 Å². The van der Waals surface area contributed by atoms with Gasteiger partial charge in [-0.1, -0.05) is 18.2 Å². The maximum absolute atomic E-state index is 14.3. The lowest BCUT2D eigenvalue weighted by molar-refractivity contribution is 0.115. The van der Waals surface area contributed by atoms with Gasteiger partial charge in [0.25, 0.3) is 0 Å². The fraction of sp³-hybridized carbons (Fsp3) is 0.304. The number of ether oxygens (including phenoxy) is 1. The molecule has 1 unspecified atom stereocenters. The third-order valence-electron chi connectivity index (χ3n) is 5.17. The molecule has 0 bridgehead atoms. The molecule has 1 aromatic heterocycles. The average molecular weight is 408 g/mol. The van der Waals surface area contributed by atoms with Crippen molar-refractivity contribution in [2.75, 3.05) is 6.61 Å². The second-order valence-corrected chi connectivity index (χ2v) is 7.35. The van der Waals surface area contributed by atoms with Crippen LogP contribution in [-0.2, 0) is 23.9 Å². The first-order valence-electron chi connectivity index (χ1n) is 9.75. The van der Waals surface area contributed by atoms with Gasteiger partial charge in [-0.05, 0) is 54.7 Å². The smallest absolute Gasteiger partial charge is 0.141 e. The number of unbranched alkanes of at least 4 members (excludes halogenated alkanes) is 1. The molecular weight excluding hydrogens is 383 g/mol. The molecule has 0 fully saturated rings. The number of imidazole rings is 1. The van der Waals surface area contributed by atoms with E-state index in [1.165, 1.54) is 12.1 Å². The van der Waals surface area contributed by atoms with Crippen LogP contribution in [-0.4, -0.2) is 21.3 Å². The second-order valence-electron chi connectivity index (χ2n) is 7.35. The first-order chi connectivity index (χ1) is 14.4. The number of benzene rings is 2. The number of hydrogen-bond donors (Lipinski definition) is 2. The lowest BCUT2D eigenvalue weighted by Crippen LogP contribution is -2.40. The topological polar surface area (TPSA) is 97.1 Å². The Kier molecular flexibility index (Phi) is 6.83. The number of halogens is 1. The Morgan fingerprint density at radius 2 is 2.10 bits per heavy atom. The molecule has 2 aromatic carbocycles. The molecule has 0 aliphatic rings. The lowest BCUT2D eigenvalue weighted by Gasteiger charge is -2.31. The van der Waals surface area contributed by atoms with Crippen LogP contribution in [0.3, 0.4) is 0 Å². The Balaban J connectivity index is 1.65. The summed E-state index contributed by atoms with van der Waals surface area (Å²) in [6.07, 6.45) is 5.44. The SMILES string of the molecule is Cn1cncc1C(N)(CCCCOCc1cccc(O)c1)c1ccc(C#N)c(F)c1. The van der Waals surface area contributed by atoms with Crippen LogP contribution in [0.4, 0.5) is 4.39 Å². The molecular formula is C23H25FN4O2. The number of nitrogens with two attached hydrogens (primary N) is 1. The summed E-state index contributed by atoms with van der Waals surface area (Å²) in [6, 6.07) is 13.3. The fourth-order valence-electron chi connectivity index (χ4n) is 3.53. The zero-order valence-electron chi connectivity index (χ0n) is 16.9. The highest BCUT2D eigenvalue weighted by molar-refractivity contribution is 5.40. The summed E-state index contributed by atoms with van der Waals surface area (Å²) >= 11 is 0. The molecule has 0 amide bonds. The first-order valence-corrected chi connectivity index (χ1v) is 9.75. The highest BCUT2D eigenvalue weighted by Gasteiger charge is 2.32. The third kappa shape index (κ3) is 4.85. The van der Waals surface area contributed by atoms with Crippen molar-refractivity contribution >= 4 is 0 Å². The Morgan fingerprint density at radius 3 is 2.77 bits per heavy atom. The molecule has 1 atom stereocenters. The number of hydrogen-bond acceptors (Lipinski definition) is 5. The van der Waals surface area contributed by atoms with E-state index in [4.69, 9.17) is 15.7 Å². The quantitative estimate of drug-likeness (QED) is 0.526. The Bertz CT molecular complexity index is 1040. The minimum Gasteiger partial charge on any atom is -0.508 e. The van der Waals surface area contributed by atoms with E-state index in [9.17, 15) is 9.50 Å². The zero-order valence-corrected chi connectivity index (χ0v) is 16.9. The van der Waals surface area contributed by atoms with Crippen LogP contribution in [0, 0.1) is 17.1 Å². The van der Waals surface area contributed by atoms with Gasteiger partial charge in [-0.25, -0.2) is 9.37 Å². The molecule has 0 aliphatic heterocycles. The van der Waals surface area contributed by atoms with Crippen molar-refractivity contribution in [2.45, 2.75) is 31.4 Å². The van der Waals surface area contributed by atoms with E-state index >= 15 is 0 Å². The highest BCUT2D eigenvalue weighted by Crippen LogP contribution is 2.32. The van der Waals surface area contributed by atoms with Gasteiger partial charge >= 0.3 is 0 Å². The minimum absolute atomic E-state index is 0.00791. The molecule has 0 saturated carbocycles. The molecule has 30 heavy (non-hydrogen) atoms. The number of nitrogens with zero attached hydrogens (tertiary/aromatic N) is 3. The molecule has 0 aliphatic carbocycles. The van der Waals surface area contributed by atoms with Crippen LogP contribution < -0.4 is 5.73 Å². The van der Waals surface area contributed by atoms with E-state index in [-0.39, 0.29) is 11.3 Å². The van der Waals surface area contributed by atoms with Gasteiger partial charge in [-0.3, -0.25) is 0 Å². The summed E-state index contributed by atoms with van der Waals surface area (Å²) in [5, 5.41) is 18.5. The van der Waals surface area contributed by atoms with Crippen molar-refractivity contribution in [1.29, 1.82) is 5.26 Å². The normalized spacial score (nSPS) is 13.0. The molecule has 3 N–H and O–H groups in total. The summed E-state index contributed by atoms with van der Waals surface area (Å²) in [5.41, 5.74) is 8.12. The maximum Gasteiger partial charge on any atom is 0.141 e. The minimum atomic E-state index is -0.939. The molecule has 0 spiro atoms. The molecule has 0 radical (unpaired) electrons. The van der Waals surface area contributed by atoms with Gasteiger partial charge in [-0.15, -0.1) is 0 Å². The monoisotopic (exact) mass is 408 g/mol. The number of phenols is 1. The number of aromatic hydroxyl groups is 1. The number of rotatable bonds is 9. The van der Waals surface area contributed by atoms with Crippen molar-refractivity contribution in [3.63, 3.8) is 0 Å². The Labute approximate surface area is 175 Å². The largest absolute Gasteiger partial charge is 0.508 e. The van der Waals surface area contributed by atoms with Gasteiger partial charge in [-0.2, -0.15) is 5.26 Å². The van der Waals surface area contributed by atoms with Crippen LogP contribution in [0.1, 0.15) is 41.6 Å². The number of nitriles is 1. The first kappa shape index (κ1) is 21.5. The van der Waals surface area contributed by atoms with Gasteiger partial charge in [0, 0.05) is 13.7 Å². The lowest BCUT2D eigenvalue weighted by atomic mass is 9.82.